The van der Waals surface area contributed by atoms with Gasteiger partial charge in [0.15, 0.2) is 0 Å². The number of carbonyl (C=O) groups excluding carboxylic acids is 1. The highest BCUT2D eigenvalue weighted by atomic mass is 19.1. The van der Waals surface area contributed by atoms with Crippen LogP contribution in [0.4, 0.5) is 4.39 Å². The van der Waals surface area contributed by atoms with Crippen LogP contribution in [0.25, 0.3) is 0 Å². The number of amides is 1. The van der Waals surface area contributed by atoms with Crippen LogP contribution in [-0.4, -0.2) is 21.9 Å². The van der Waals surface area contributed by atoms with Crippen molar-refractivity contribution in [1.29, 1.82) is 0 Å². The van der Waals surface area contributed by atoms with Gasteiger partial charge in [0.2, 0.25) is 5.91 Å². The second-order valence-corrected chi connectivity index (χ2v) is 6.17. The number of hydrogen-bond donors (Lipinski definition) is 0. The van der Waals surface area contributed by atoms with E-state index in [0.29, 0.717) is 13.1 Å². The second kappa shape index (κ2) is 7.95. The fourth-order valence-corrected chi connectivity index (χ4v) is 2.68. The normalized spacial score (nSPS) is 11.0. The number of halogens is 1. The molecule has 1 heterocycles. The van der Waals surface area contributed by atoms with Crippen molar-refractivity contribution in [1.82, 2.24) is 9.47 Å². The van der Waals surface area contributed by atoms with Crippen molar-refractivity contribution < 1.29 is 9.18 Å². The van der Waals surface area contributed by atoms with E-state index in [-0.39, 0.29) is 17.6 Å². The third-order valence-electron chi connectivity index (χ3n) is 3.82. The van der Waals surface area contributed by atoms with E-state index in [4.69, 9.17) is 0 Å². The monoisotopic (exact) mass is 316 g/mol. The van der Waals surface area contributed by atoms with Crippen LogP contribution < -0.4 is 0 Å². The van der Waals surface area contributed by atoms with E-state index < -0.39 is 0 Å². The van der Waals surface area contributed by atoms with Gasteiger partial charge in [0, 0.05) is 30.9 Å². The van der Waals surface area contributed by atoms with Gasteiger partial charge < -0.3 is 9.47 Å². The molecule has 0 radical (unpaired) electrons. The predicted molar refractivity (Wildman–Crippen MR) is 90.5 cm³/mol. The summed E-state index contributed by atoms with van der Waals surface area (Å²) >= 11 is 0. The maximum atomic E-state index is 13.3. The molecule has 23 heavy (non-hydrogen) atoms. The maximum absolute atomic E-state index is 13.3. The van der Waals surface area contributed by atoms with Gasteiger partial charge in [0.05, 0.1) is 6.54 Å². The molecule has 1 aromatic heterocycles. The van der Waals surface area contributed by atoms with Crippen molar-refractivity contribution in [2.75, 3.05) is 6.54 Å². The highest BCUT2D eigenvalue weighted by molar-refractivity contribution is 5.78. The van der Waals surface area contributed by atoms with E-state index in [1.54, 1.807) is 12.1 Å². The fourth-order valence-electron chi connectivity index (χ4n) is 2.68. The average Bonchev–Trinajstić information content (AvgIpc) is 2.93. The first-order valence-electron chi connectivity index (χ1n) is 8.18. The molecule has 0 saturated heterocycles. The summed E-state index contributed by atoms with van der Waals surface area (Å²) in [5.74, 6) is -0.0580. The first kappa shape index (κ1) is 17.3. The number of rotatable bonds is 7. The Hall–Kier alpha value is -2.10. The Morgan fingerprint density at radius 3 is 2.70 bits per heavy atom. The molecular weight excluding hydrogens is 291 g/mol. The van der Waals surface area contributed by atoms with Crippen LogP contribution in [0.5, 0.6) is 0 Å². The lowest BCUT2D eigenvalue weighted by Crippen LogP contribution is -2.35. The molecule has 124 valence electrons. The number of carbonyl (C=O) groups is 1. The van der Waals surface area contributed by atoms with Gasteiger partial charge in [-0.15, -0.1) is 0 Å². The first-order valence-corrected chi connectivity index (χ1v) is 8.18. The molecule has 1 amide bonds. The smallest absolute Gasteiger partial charge is 0.225 e. The Morgan fingerprint density at radius 1 is 1.26 bits per heavy atom. The van der Waals surface area contributed by atoms with Crippen LogP contribution in [0.3, 0.4) is 0 Å². The minimum absolute atomic E-state index is 0.00631. The van der Waals surface area contributed by atoms with Crippen molar-refractivity contribution >= 4 is 5.91 Å². The number of benzene rings is 1. The van der Waals surface area contributed by atoms with Gasteiger partial charge in [-0.25, -0.2) is 4.39 Å². The lowest BCUT2D eigenvalue weighted by atomic mass is 10.1. The molecule has 1 aromatic carbocycles. The van der Waals surface area contributed by atoms with Crippen LogP contribution in [0.2, 0.25) is 0 Å². The molecule has 0 aliphatic rings. The Kier molecular flexibility index (Phi) is 5.97. The molecule has 2 rings (SSSR count). The zero-order chi connectivity index (χ0) is 16.8. The molecule has 0 spiro atoms. The average molecular weight is 316 g/mol. The molecule has 0 atom stereocenters. The predicted octanol–water partition coefficient (Wildman–Crippen LogP) is 4.07. The molecule has 0 saturated carbocycles. The van der Waals surface area contributed by atoms with Gasteiger partial charge in [0.25, 0.3) is 0 Å². The van der Waals surface area contributed by atoms with Crippen LogP contribution >= 0.6 is 0 Å². The topological polar surface area (TPSA) is 25.2 Å². The molecule has 0 aliphatic carbocycles. The van der Waals surface area contributed by atoms with Crippen molar-refractivity contribution in [3.8, 4) is 0 Å². The summed E-state index contributed by atoms with van der Waals surface area (Å²) in [6.45, 7) is 7.88. The second-order valence-electron chi connectivity index (χ2n) is 6.17. The molecule has 0 aliphatic heterocycles. The largest absolute Gasteiger partial charge is 0.345 e. The third kappa shape index (κ3) is 4.68. The van der Waals surface area contributed by atoms with Gasteiger partial charge in [0.1, 0.15) is 5.82 Å². The molecule has 0 bridgehead atoms. The minimum atomic E-state index is -0.223. The lowest BCUT2D eigenvalue weighted by Gasteiger charge is -2.25. The number of hydrogen-bond acceptors (Lipinski definition) is 1. The Labute approximate surface area is 137 Å². The molecule has 0 unspecified atom stereocenters. The van der Waals surface area contributed by atoms with Crippen molar-refractivity contribution in [3.63, 3.8) is 0 Å². The van der Waals surface area contributed by atoms with E-state index in [2.05, 4.69) is 11.5 Å². The van der Waals surface area contributed by atoms with Crippen LogP contribution in [-0.2, 0) is 17.9 Å². The third-order valence-corrected chi connectivity index (χ3v) is 3.82. The Bertz CT molecular complexity index is 648. The zero-order valence-corrected chi connectivity index (χ0v) is 14.1. The van der Waals surface area contributed by atoms with Crippen molar-refractivity contribution in [2.24, 2.45) is 5.92 Å². The quantitative estimate of drug-likeness (QED) is 0.756. The van der Waals surface area contributed by atoms with E-state index in [0.717, 1.165) is 24.2 Å². The minimum Gasteiger partial charge on any atom is -0.345 e. The summed E-state index contributed by atoms with van der Waals surface area (Å²) in [6.07, 6.45) is 2.91. The highest BCUT2D eigenvalue weighted by Crippen LogP contribution is 2.13. The summed E-state index contributed by atoms with van der Waals surface area (Å²) in [5, 5.41) is 0. The van der Waals surface area contributed by atoms with Crippen molar-refractivity contribution in [2.45, 2.75) is 40.3 Å². The van der Waals surface area contributed by atoms with E-state index in [9.17, 15) is 9.18 Å². The highest BCUT2D eigenvalue weighted by Gasteiger charge is 2.17. The number of nitrogens with zero attached hydrogens (tertiary/aromatic N) is 2. The zero-order valence-electron chi connectivity index (χ0n) is 14.1. The summed E-state index contributed by atoms with van der Waals surface area (Å²) in [4.78, 5) is 14.2. The molecule has 2 aromatic rings. The Morgan fingerprint density at radius 2 is 2.04 bits per heavy atom. The van der Waals surface area contributed by atoms with Gasteiger partial charge in [-0.2, -0.15) is 0 Å². The van der Waals surface area contributed by atoms with Gasteiger partial charge >= 0.3 is 0 Å². The SMILES string of the molecule is CCCN(Cc1cccn1Cc1cccc(F)c1)C(=O)C(C)C. The maximum Gasteiger partial charge on any atom is 0.225 e. The van der Waals surface area contributed by atoms with E-state index >= 15 is 0 Å². The van der Waals surface area contributed by atoms with Crippen LogP contribution in [0.1, 0.15) is 38.4 Å². The molecule has 0 fully saturated rings. The van der Waals surface area contributed by atoms with Crippen molar-refractivity contribution in [3.05, 3.63) is 59.7 Å². The summed E-state index contributed by atoms with van der Waals surface area (Å²) in [5.41, 5.74) is 1.98. The fraction of sp³-hybridized carbons (Fsp3) is 0.421. The molecule has 0 N–H and O–H groups in total. The Balaban J connectivity index is 2.14. The molecule has 4 heteroatoms. The molecule has 3 nitrogen and oxygen atoms in total. The standard InChI is InChI=1S/C19H25FN2O/c1-4-10-22(19(23)15(2)3)14-18-9-6-11-21(18)13-16-7-5-8-17(20)12-16/h5-9,11-12,15H,4,10,13-14H2,1-3H3. The summed E-state index contributed by atoms with van der Waals surface area (Å²) in [6, 6.07) is 10.6. The van der Waals surface area contributed by atoms with E-state index in [1.165, 1.54) is 6.07 Å². The van der Waals surface area contributed by atoms with Gasteiger partial charge in [-0.3, -0.25) is 4.79 Å². The lowest BCUT2D eigenvalue weighted by molar-refractivity contribution is -0.135. The van der Waals surface area contributed by atoms with Crippen LogP contribution in [0.15, 0.2) is 42.6 Å². The van der Waals surface area contributed by atoms with Gasteiger partial charge in [-0.1, -0.05) is 32.9 Å². The van der Waals surface area contributed by atoms with E-state index in [1.807, 2.05) is 43.1 Å². The van der Waals surface area contributed by atoms with Gasteiger partial charge in [-0.05, 0) is 36.2 Å². The van der Waals surface area contributed by atoms with Crippen LogP contribution in [0, 0.1) is 11.7 Å². The molecular formula is C19H25FN2O. The summed E-state index contributed by atoms with van der Waals surface area (Å²) in [7, 11) is 0. The summed E-state index contributed by atoms with van der Waals surface area (Å²) < 4.78 is 15.4. The first-order chi connectivity index (χ1) is 11.0. The number of aromatic nitrogens is 1.